The summed E-state index contributed by atoms with van der Waals surface area (Å²) in [5.41, 5.74) is 5.47. The monoisotopic (exact) mass is 411 g/mol. The second kappa shape index (κ2) is 11.0. The number of rotatable bonds is 9. The van der Waals surface area contributed by atoms with E-state index in [2.05, 4.69) is 73.0 Å². The number of nitrogens with one attached hydrogen (secondary N) is 2. The van der Waals surface area contributed by atoms with Gasteiger partial charge in [-0.05, 0) is 46.7 Å². The second-order valence-electron chi connectivity index (χ2n) is 8.10. The molecule has 0 aliphatic carbocycles. The minimum Gasteiger partial charge on any atom is -0.381 e. The van der Waals surface area contributed by atoms with Crippen LogP contribution in [0.15, 0.2) is 78.9 Å². The first-order chi connectivity index (χ1) is 15.1. The van der Waals surface area contributed by atoms with Crippen molar-refractivity contribution in [2.45, 2.75) is 32.7 Å². The molecule has 1 amide bonds. The summed E-state index contributed by atoms with van der Waals surface area (Å²) >= 11 is 0. The maximum Gasteiger partial charge on any atom is 0.228 e. The average molecular weight is 412 g/mol. The normalized spacial score (nSPS) is 11.5. The topological polar surface area (TPSA) is 64.9 Å². The lowest BCUT2D eigenvalue weighted by molar-refractivity contribution is -0.122. The van der Waals surface area contributed by atoms with Crippen molar-refractivity contribution in [1.82, 2.24) is 5.32 Å². The fraction of sp³-hybridized carbons (Fsp3) is 0.259. The van der Waals surface area contributed by atoms with E-state index in [1.807, 2.05) is 36.4 Å². The molecule has 0 aliphatic heterocycles. The van der Waals surface area contributed by atoms with Crippen LogP contribution in [0.4, 0.5) is 5.69 Å². The van der Waals surface area contributed by atoms with Crippen LogP contribution in [0.2, 0.25) is 0 Å². The van der Waals surface area contributed by atoms with Crippen molar-refractivity contribution in [2.75, 3.05) is 11.9 Å². The SMILES string of the molecule is CC(C)C[C@@H](C(=O)NCC#N)c1cccc(-c2ccc(NCc3ccccc3)cc2)c1. The van der Waals surface area contributed by atoms with Gasteiger partial charge in [0, 0.05) is 12.2 Å². The predicted molar refractivity (Wildman–Crippen MR) is 126 cm³/mol. The number of amides is 1. The Morgan fingerprint density at radius 1 is 0.935 bits per heavy atom. The molecule has 1 atom stereocenters. The van der Waals surface area contributed by atoms with Crippen LogP contribution >= 0.6 is 0 Å². The van der Waals surface area contributed by atoms with Gasteiger partial charge in [0.25, 0.3) is 0 Å². The van der Waals surface area contributed by atoms with E-state index >= 15 is 0 Å². The summed E-state index contributed by atoms with van der Waals surface area (Å²) in [6.45, 7) is 5.03. The molecular weight excluding hydrogens is 382 g/mol. The van der Waals surface area contributed by atoms with Crippen LogP contribution < -0.4 is 10.6 Å². The summed E-state index contributed by atoms with van der Waals surface area (Å²) < 4.78 is 0. The Hall–Kier alpha value is -3.58. The van der Waals surface area contributed by atoms with E-state index in [0.29, 0.717) is 5.92 Å². The smallest absolute Gasteiger partial charge is 0.228 e. The molecule has 3 rings (SSSR count). The fourth-order valence-corrected chi connectivity index (χ4v) is 3.63. The van der Waals surface area contributed by atoms with E-state index in [1.54, 1.807) is 0 Å². The van der Waals surface area contributed by atoms with Crippen molar-refractivity contribution >= 4 is 11.6 Å². The van der Waals surface area contributed by atoms with Gasteiger partial charge in [0.2, 0.25) is 5.91 Å². The Kier molecular flexibility index (Phi) is 7.84. The molecule has 4 nitrogen and oxygen atoms in total. The van der Waals surface area contributed by atoms with Crippen LogP contribution in [0.5, 0.6) is 0 Å². The molecule has 0 heterocycles. The molecule has 2 N–H and O–H groups in total. The lowest BCUT2D eigenvalue weighted by atomic mass is 9.88. The lowest BCUT2D eigenvalue weighted by Gasteiger charge is -2.19. The highest BCUT2D eigenvalue weighted by molar-refractivity contribution is 5.84. The van der Waals surface area contributed by atoms with Crippen LogP contribution in [0, 0.1) is 17.2 Å². The van der Waals surface area contributed by atoms with Gasteiger partial charge in [-0.3, -0.25) is 4.79 Å². The second-order valence-corrected chi connectivity index (χ2v) is 8.10. The molecule has 0 fully saturated rings. The molecule has 4 heteroatoms. The molecule has 0 aliphatic rings. The zero-order valence-electron chi connectivity index (χ0n) is 18.1. The number of anilines is 1. The quantitative estimate of drug-likeness (QED) is 0.442. The van der Waals surface area contributed by atoms with Crippen molar-refractivity contribution in [3.63, 3.8) is 0 Å². The van der Waals surface area contributed by atoms with Gasteiger partial charge < -0.3 is 10.6 Å². The third-order valence-corrected chi connectivity index (χ3v) is 5.21. The van der Waals surface area contributed by atoms with Gasteiger partial charge in [-0.25, -0.2) is 0 Å². The molecule has 0 saturated carbocycles. The van der Waals surface area contributed by atoms with Crippen molar-refractivity contribution in [3.8, 4) is 17.2 Å². The third-order valence-electron chi connectivity index (χ3n) is 5.21. The van der Waals surface area contributed by atoms with Crippen molar-refractivity contribution in [2.24, 2.45) is 5.92 Å². The first-order valence-electron chi connectivity index (χ1n) is 10.7. The number of carbonyl (C=O) groups excluding carboxylic acids is 1. The molecule has 0 bridgehead atoms. The van der Waals surface area contributed by atoms with Crippen LogP contribution in [-0.4, -0.2) is 12.5 Å². The highest BCUT2D eigenvalue weighted by atomic mass is 16.1. The van der Waals surface area contributed by atoms with Gasteiger partial charge >= 0.3 is 0 Å². The van der Waals surface area contributed by atoms with Crippen LogP contribution in [0.25, 0.3) is 11.1 Å². The first kappa shape index (κ1) is 22.1. The Morgan fingerprint density at radius 3 is 2.35 bits per heavy atom. The zero-order chi connectivity index (χ0) is 22.1. The fourth-order valence-electron chi connectivity index (χ4n) is 3.63. The van der Waals surface area contributed by atoms with E-state index < -0.39 is 0 Å². The Labute approximate surface area is 184 Å². The van der Waals surface area contributed by atoms with Gasteiger partial charge in [-0.1, -0.05) is 80.6 Å². The number of hydrogen-bond acceptors (Lipinski definition) is 3. The summed E-state index contributed by atoms with van der Waals surface area (Å²) in [6.07, 6.45) is 0.739. The molecule has 0 spiro atoms. The molecular formula is C27H29N3O. The van der Waals surface area contributed by atoms with Crippen LogP contribution in [-0.2, 0) is 11.3 Å². The van der Waals surface area contributed by atoms with E-state index in [0.717, 1.165) is 35.3 Å². The Bertz CT molecular complexity index is 1020. The third kappa shape index (κ3) is 6.45. The summed E-state index contributed by atoms with van der Waals surface area (Å²) in [4.78, 5) is 12.6. The molecule has 0 radical (unpaired) electrons. The minimum absolute atomic E-state index is 0.0323. The minimum atomic E-state index is -0.264. The van der Waals surface area contributed by atoms with Gasteiger partial charge in [0.05, 0.1) is 12.0 Å². The number of nitrogens with zero attached hydrogens (tertiary/aromatic N) is 1. The average Bonchev–Trinajstić information content (AvgIpc) is 2.80. The number of nitriles is 1. The van der Waals surface area contributed by atoms with Crippen LogP contribution in [0.1, 0.15) is 37.3 Å². The molecule has 158 valence electrons. The molecule has 3 aromatic rings. The summed E-state index contributed by atoms with van der Waals surface area (Å²) in [5.74, 6) is 0.0180. The van der Waals surface area contributed by atoms with Gasteiger partial charge in [-0.2, -0.15) is 5.26 Å². The van der Waals surface area contributed by atoms with Gasteiger partial charge in [-0.15, -0.1) is 0 Å². The Morgan fingerprint density at radius 2 is 1.68 bits per heavy atom. The van der Waals surface area contributed by atoms with E-state index in [1.165, 1.54) is 5.56 Å². The standard InChI is InChI=1S/C27H29N3O/c1-20(2)17-26(27(31)29-16-15-28)24-10-6-9-23(18-24)22-11-13-25(14-12-22)30-19-21-7-4-3-5-8-21/h3-14,18,20,26,30H,16-17,19H2,1-2H3,(H,29,31)/t26-/m1/s1. The number of benzene rings is 3. The maximum atomic E-state index is 12.6. The number of carbonyl (C=O) groups is 1. The largest absolute Gasteiger partial charge is 0.381 e. The van der Waals surface area contributed by atoms with Crippen molar-refractivity contribution < 1.29 is 4.79 Å². The lowest BCUT2D eigenvalue weighted by Crippen LogP contribution is -2.30. The molecule has 31 heavy (non-hydrogen) atoms. The number of hydrogen-bond donors (Lipinski definition) is 2. The van der Waals surface area contributed by atoms with E-state index in [4.69, 9.17) is 5.26 Å². The highest BCUT2D eigenvalue weighted by Crippen LogP contribution is 2.29. The molecule has 0 aromatic heterocycles. The predicted octanol–water partition coefficient (Wildman–Crippen LogP) is 5.74. The van der Waals surface area contributed by atoms with Gasteiger partial charge in [0.15, 0.2) is 0 Å². The Balaban J connectivity index is 1.74. The van der Waals surface area contributed by atoms with E-state index in [9.17, 15) is 4.79 Å². The molecule has 0 unspecified atom stereocenters. The summed E-state index contributed by atoms with van der Waals surface area (Å²) in [5, 5.41) is 15.0. The molecule has 0 saturated heterocycles. The summed E-state index contributed by atoms with van der Waals surface area (Å²) in [7, 11) is 0. The van der Waals surface area contributed by atoms with Gasteiger partial charge in [0.1, 0.15) is 6.54 Å². The van der Waals surface area contributed by atoms with Crippen molar-refractivity contribution in [3.05, 3.63) is 90.0 Å². The van der Waals surface area contributed by atoms with E-state index in [-0.39, 0.29) is 18.4 Å². The van der Waals surface area contributed by atoms with Crippen LogP contribution in [0.3, 0.4) is 0 Å². The molecule has 3 aromatic carbocycles. The maximum absolute atomic E-state index is 12.6. The summed E-state index contributed by atoms with van der Waals surface area (Å²) in [6, 6.07) is 28.8. The highest BCUT2D eigenvalue weighted by Gasteiger charge is 2.22. The first-order valence-corrected chi connectivity index (χ1v) is 10.7. The van der Waals surface area contributed by atoms with Crippen molar-refractivity contribution in [1.29, 1.82) is 5.26 Å². The zero-order valence-corrected chi connectivity index (χ0v) is 18.1.